The van der Waals surface area contributed by atoms with Crippen LogP contribution in [-0.2, 0) is 26.2 Å². The third-order valence-corrected chi connectivity index (χ3v) is 7.58. The Morgan fingerprint density at radius 3 is 2.38 bits per heavy atom. The number of hydrogen-bond acceptors (Lipinski definition) is 4. The summed E-state index contributed by atoms with van der Waals surface area (Å²) in [5.41, 5.74) is 0.830. The Hall–Kier alpha value is -2.46. The molecule has 0 radical (unpaired) electrons. The zero-order valence-electron chi connectivity index (χ0n) is 19.2. The van der Waals surface area contributed by atoms with Crippen molar-refractivity contribution in [1.29, 1.82) is 0 Å². The van der Waals surface area contributed by atoms with Crippen molar-refractivity contribution in [2.24, 2.45) is 0 Å². The van der Waals surface area contributed by atoms with Crippen molar-refractivity contribution in [1.82, 2.24) is 10.2 Å². The van der Waals surface area contributed by atoms with Gasteiger partial charge in [-0.2, -0.15) is 0 Å². The van der Waals surface area contributed by atoms with Crippen LogP contribution in [0.2, 0.25) is 0 Å². The Morgan fingerprint density at radius 1 is 1.15 bits per heavy atom. The van der Waals surface area contributed by atoms with Gasteiger partial charge in [0.1, 0.15) is 18.4 Å². The van der Waals surface area contributed by atoms with Crippen molar-refractivity contribution in [3.63, 3.8) is 0 Å². The van der Waals surface area contributed by atoms with Crippen LogP contribution in [0.5, 0.6) is 0 Å². The lowest BCUT2D eigenvalue weighted by Crippen LogP contribution is -2.52. The monoisotopic (exact) mass is 553 g/mol. The zero-order valence-corrected chi connectivity index (χ0v) is 21.6. The summed E-state index contributed by atoms with van der Waals surface area (Å²) < 4.78 is 40.5. The largest absolute Gasteiger partial charge is 0.352 e. The Labute approximate surface area is 208 Å². The Balaban J connectivity index is 1.87. The van der Waals surface area contributed by atoms with E-state index in [4.69, 9.17) is 0 Å². The first-order chi connectivity index (χ1) is 16.0. The van der Waals surface area contributed by atoms with E-state index in [0.717, 1.165) is 52.3 Å². The van der Waals surface area contributed by atoms with E-state index in [9.17, 15) is 22.4 Å². The van der Waals surface area contributed by atoms with Crippen LogP contribution in [0, 0.1) is 5.82 Å². The molecule has 0 unspecified atom stereocenters. The summed E-state index contributed by atoms with van der Waals surface area (Å²) in [6.45, 7) is 1.19. The Bertz CT molecular complexity index is 1120. The van der Waals surface area contributed by atoms with Crippen molar-refractivity contribution in [2.45, 2.75) is 51.2 Å². The number of nitrogens with one attached hydrogen (secondary N) is 1. The van der Waals surface area contributed by atoms with Gasteiger partial charge in [-0.25, -0.2) is 12.8 Å². The SMILES string of the molecule is C[C@@H](C(=O)NC1CCCC1)N(Cc1ccc(Br)cc1)C(=O)CN(c1cccc(F)c1)S(C)(=O)=O. The molecule has 0 bridgehead atoms. The maximum absolute atomic E-state index is 13.8. The highest BCUT2D eigenvalue weighted by Gasteiger charge is 2.31. The molecule has 1 aliphatic carbocycles. The number of rotatable bonds is 9. The molecule has 2 amide bonds. The number of carbonyl (C=O) groups is 2. The van der Waals surface area contributed by atoms with Crippen LogP contribution in [0.4, 0.5) is 10.1 Å². The van der Waals surface area contributed by atoms with Crippen molar-refractivity contribution in [2.75, 3.05) is 17.1 Å². The van der Waals surface area contributed by atoms with Crippen molar-refractivity contribution >= 4 is 43.5 Å². The third-order valence-electron chi connectivity index (χ3n) is 5.91. The number of sulfonamides is 1. The smallest absolute Gasteiger partial charge is 0.244 e. The standard InChI is InChI=1S/C24H29BrFN3O4S/c1-17(24(31)27-21-7-3-4-8-21)28(15-18-10-12-19(25)13-11-18)23(30)16-29(34(2,32)33)22-9-5-6-20(26)14-22/h5-6,9-14,17,21H,3-4,7-8,15-16H2,1-2H3,(H,27,31)/t17-/m0/s1. The summed E-state index contributed by atoms with van der Waals surface area (Å²) in [5.74, 6) is -1.46. The predicted molar refractivity (Wildman–Crippen MR) is 133 cm³/mol. The molecule has 1 fully saturated rings. The molecule has 1 N–H and O–H groups in total. The molecular formula is C24H29BrFN3O4S. The fourth-order valence-corrected chi connectivity index (χ4v) is 5.11. The van der Waals surface area contributed by atoms with E-state index in [0.29, 0.717) is 0 Å². The quantitative estimate of drug-likeness (QED) is 0.511. The van der Waals surface area contributed by atoms with E-state index < -0.39 is 34.3 Å². The number of carbonyl (C=O) groups excluding carboxylic acids is 2. The molecular weight excluding hydrogens is 525 g/mol. The van der Waals surface area contributed by atoms with Crippen LogP contribution in [0.3, 0.4) is 0 Å². The van der Waals surface area contributed by atoms with E-state index in [1.54, 1.807) is 6.92 Å². The van der Waals surface area contributed by atoms with Crippen LogP contribution in [-0.4, -0.2) is 50.0 Å². The highest BCUT2D eigenvalue weighted by atomic mass is 79.9. The first-order valence-electron chi connectivity index (χ1n) is 11.1. The number of nitrogens with zero attached hydrogens (tertiary/aromatic N) is 2. The second kappa shape index (κ2) is 11.3. The molecule has 1 saturated carbocycles. The van der Waals surface area contributed by atoms with E-state index in [1.807, 2.05) is 24.3 Å². The summed E-state index contributed by atoms with van der Waals surface area (Å²) in [6.07, 6.45) is 4.87. The molecule has 2 aromatic carbocycles. The maximum atomic E-state index is 13.8. The second-order valence-electron chi connectivity index (χ2n) is 8.56. The minimum absolute atomic E-state index is 0.0440. The lowest BCUT2D eigenvalue weighted by Gasteiger charge is -2.32. The maximum Gasteiger partial charge on any atom is 0.244 e. The molecule has 7 nitrogen and oxygen atoms in total. The summed E-state index contributed by atoms with van der Waals surface area (Å²) in [6, 6.07) is 11.6. The summed E-state index contributed by atoms with van der Waals surface area (Å²) in [4.78, 5) is 27.8. The summed E-state index contributed by atoms with van der Waals surface area (Å²) >= 11 is 3.38. The zero-order chi connectivity index (χ0) is 24.9. The van der Waals surface area contributed by atoms with Gasteiger partial charge >= 0.3 is 0 Å². The molecule has 2 aromatic rings. The molecule has 0 spiro atoms. The number of benzene rings is 2. The number of anilines is 1. The van der Waals surface area contributed by atoms with Crippen molar-refractivity contribution in [3.05, 3.63) is 64.4 Å². The van der Waals surface area contributed by atoms with E-state index in [-0.39, 0.29) is 24.2 Å². The minimum Gasteiger partial charge on any atom is -0.352 e. The number of hydrogen-bond donors (Lipinski definition) is 1. The molecule has 0 saturated heterocycles. The van der Waals surface area contributed by atoms with Crippen LogP contribution in [0.1, 0.15) is 38.2 Å². The van der Waals surface area contributed by atoms with Gasteiger partial charge in [-0.3, -0.25) is 13.9 Å². The lowest BCUT2D eigenvalue weighted by atomic mass is 10.1. The Morgan fingerprint density at radius 2 is 1.79 bits per heavy atom. The topological polar surface area (TPSA) is 86.8 Å². The van der Waals surface area contributed by atoms with Crippen molar-refractivity contribution < 1.29 is 22.4 Å². The number of amides is 2. The van der Waals surface area contributed by atoms with Gasteiger partial charge in [0.2, 0.25) is 21.8 Å². The van der Waals surface area contributed by atoms with Crippen LogP contribution in [0.15, 0.2) is 53.0 Å². The molecule has 1 atom stereocenters. The third kappa shape index (κ3) is 7.02. The highest BCUT2D eigenvalue weighted by Crippen LogP contribution is 2.21. The van der Waals surface area contributed by atoms with E-state index >= 15 is 0 Å². The van der Waals surface area contributed by atoms with Gasteiger partial charge < -0.3 is 10.2 Å². The molecule has 0 aromatic heterocycles. The van der Waals surface area contributed by atoms with E-state index in [1.165, 1.54) is 23.1 Å². The van der Waals surface area contributed by atoms with Gasteiger partial charge in [0.15, 0.2) is 0 Å². The van der Waals surface area contributed by atoms with Crippen LogP contribution < -0.4 is 9.62 Å². The van der Waals surface area contributed by atoms with Crippen LogP contribution >= 0.6 is 15.9 Å². The molecule has 34 heavy (non-hydrogen) atoms. The molecule has 10 heteroatoms. The highest BCUT2D eigenvalue weighted by molar-refractivity contribution is 9.10. The first-order valence-corrected chi connectivity index (χ1v) is 13.8. The fraction of sp³-hybridized carbons (Fsp3) is 0.417. The molecule has 0 aliphatic heterocycles. The fourth-order valence-electron chi connectivity index (χ4n) is 4.01. The summed E-state index contributed by atoms with van der Waals surface area (Å²) in [5, 5.41) is 3.01. The van der Waals surface area contributed by atoms with Gasteiger partial charge in [-0.15, -0.1) is 0 Å². The van der Waals surface area contributed by atoms with Gasteiger partial charge in [0.25, 0.3) is 0 Å². The van der Waals surface area contributed by atoms with Gasteiger partial charge in [0, 0.05) is 17.1 Å². The molecule has 3 rings (SSSR count). The average molecular weight is 554 g/mol. The lowest BCUT2D eigenvalue weighted by molar-refractivity contribution is -0.139. The average Bonchev–Trinajstić information content (AvgIpc) is 3.28. The van der Waals surface area contributed by atoms with Gasteiger partial charge in [-0.05, 0) is 55.7 Å². The van der Waals surface area contributed by atoms with Crippen LogP contribution in [0.25, 0.3) is 0 Å². The van der Waals surface area contributed by atoms with Crippen molar-refractivity contribution in [3.8, 4) is 0 Å². The number of halogens is 2. The predicted octanol–water partition coefficient (Wildman–Crippen LogP) is 3.83. The summed E-state index contributed by atoms with van der Waals surface area (Å²) in [7, 11) is -3.89. The first kappa shape index (κ1) is 26.2. The molecule has 1 aliphatic rings. The second-order valence-corrected chi connectivity index (χ2v) is 11.4. The van der Waals surface area contributed by atoms with Gasteiger partial charge in [-0.1, -0.05) is 47.0 Å². The molecule has 0 heterocycles. The van der Waals surface area contributed by atoms with Gasteiger partial charge in [0.05, 0.1) is 11.9 Å². The normalized spacial score (nSPS) is 15.1. The minimum atomic E-state index is -3.89. The Kier molecular flexibility index (Phi) is 8.70. The molecule has 184 valence electrons. The van der Waals surface area contributed by atoms with E-state index in [2.05, 4.69) is 21.2 Å².